The molecule has 0 saturated carbocycles. The summed E-state index contributed by atoms with van der Waals surface area (Å²) in [6.45, 7) is 11.0. The molecule has 15 nitrogen and oxygen atoms in total. The summed E-state index contributed by atoms with van der Waals surface area (Å²) in [5.74, 6) is -1.40. The molecule has 3 aliphatic rings. The fraction of sp³-hybridized carbons (Fsp3) is 0.327. The van der Waals surface area contributed by atoms with Crippen molar-refractivity contribution in [2.75, 3.05) is 17.6 Å². The Kier molecular flexibility index (Phi) is 13.8. The van der Waals surface area contributed by atoms with Crippen molar-refractivity contribution in [3.05, 3.63) is 149 Å². The molecule has 0 radical (unpaired) electrons. The van der Waals surface area contributed by atoms with Crippen LogP contribution in [0.4, 0.5) is 15.3 Å². The molecule has 0 spiro atoms. The predicted octanol–water partition coefficient (Wildman–Crippen LogP) is 6.98. The van der Waals surface area contributed by atoms with Crippen molar-refractivity contribution in [1.82, 2.24) is 15.1 Å². The first-order valence-electron chi connectivity index (χ1n) is 21.2. The van der Waals surface area contributed by atoms with Gasteiger partial charge in [0.2, 0.25) is 12.5 Å². The average Bonchev–Trinajstić information content (AvgIpc) is 3.59. The number of nitrogens with zero attached hydrogens (tertiary/aromatic N) is 3. The van der Waals surface area contributed by atoms with E-state index in [4.69, 9.17) is 18.9 Å². The second-order valence-corrected chi connectivity index (χ2v) is 18.8. The van der Waals surface area contributed by atoms with Crippen LogP contribution in [-0.4, -0.2) is 80.7 Å². The van der Waals surface area contributed by atoms with E-state index < -0.39 is 52.8 Å². The van der Waals surface area contributed by atoms with Crippen molar-refractivity contribution in [3.8, 4) is 5.75 Å². The van der Waals surface area contributed by atoms with Gasteiger partial charge in [-0.2, -0.15) is 4.57 Å². The highest BCUT2D eigenvalue weighted by Gasteiger charge is 2.55. The SMILES string of the molecule is CC(C)(C)OC(=O)N[C@@H]1C(=O)N2C(C(=O)OC(c3ccccc3)c3ccccc3)=C(C=C3CCN(Cc4cc[n+](CC(=O)Nc5ccccc5OC(=O)OC(C)(C)C)cc4)C3=O)CS[C@H]12. The summed E-state index contributed by atoms with van der Waals surface area (Å²) >= 11 is 1.37. The average molecular weight is 903 g/mol. The van der Waals surface area contributed by atoms with Gasteiger partial charge in [0.15, 0.2) is 24.2 Å². The van der Waals surface area contributed by atoms with E-state index in [0.717, 1.165) is 16.7 Å². The Morgan fingerprint density at radius 2 is 1.45 bits per heavy atom. The molecule has 2 atom stereocenters. The van der Waals surface area contributed by atoms with Gasteiger partial charge in [-0.05, 0) is 88.4 Å². The Hall–Kier alpha value is -6.94. The summed E-state index contributed by atoms with van der Waals surface area (Å²) in [6, 6.07) is 27.9. The normalized spacial score (nSPS) is 17.9. The lowest BCUT2D eigenvalue weighted by atomic mass is 10.00. The van der Waals surface area contributed by atoms with Crippen LogP contribution in [0.25, 0.3) is 0 Å². The minimum absolute atomic E-state index is 0.0207. The van der Waals surface area contributed by atoms with Crippen LogP contribution in [0.2, 0.25) is 0 Å². The first-order chi connectivity index (χ1) is 30.9. The van der Waals surface area contributed by atoms with Crippen LogP contribution in [0.5, 0.6) is 5.75 Å². The number of rotatable bonds is 12. The highest BCUT2D eigenvalue weighted by Crippen LogP contribution is 2.43. The zero-order chi connectivity index (χ0) is 46.5. The molecule has 2 fully saturated rings. The van der Waals surface area contributed by atoms with Crippen LogP contribution in [0, 0.1) is 0 Å². The number of hydrogen-bond acceptors (Lipinski definition) is 11. The lowest BCUT2D eigenvalue weighted by molar-refractivity contribution is -0.684. The number of fused-ring (bicyclic) bond motifs is 1. The van der Waals surface area contributed by atoms with Gasteiger partial charge < -0.3 is 34.5 Å². The monoisotopic (exact) mass is 902 g/mol. The van der Waals surface area contributed by atoms with E-state index in [1.807, 2.05) is 72.8 Å². The van der Waals surface area contributed by atoms with E-state index in [2.05, 4.69) is 10.6 Å². The van der Waals surface area contributed by atoms with Crippen LogP contribution >= 0.6 is 11.8 Å². The minimum atomic E-state index is -0.935. The van der Waals surface area contributed by atoms with E-state index in [0.29, 0.717) is 36.3 Å². The van der Waals surface area contributed by atoms with E-state index in [-0.39, 0.29) is 35.6 Å². The molecule has 16 heteroatoms. The van der Waals surface area contributed by atoms with Gasteiger partial charge in [-0.25, -0.2) is 14.4 Å². The number of thioether (sulfide) groups is 1. The second-order valence-electron chi connectivity index (χ2n) is 17.7. The standard InChI is InChI=1S/C49H51N5O10S/c1-48(2,3)63-46(59)51-39-43(57)54-40(45(58)62-41(32-15-9-7-10-16-32)33-17-11-8-12-18-33)35(30-65-44(39)54)27-34-23-26-53(42(34)56)28-31-21-24-52(25-22-31)29-38(55)50-36-19-13-14-20-37(36)61-47(60)64-49(4,5)6/h7-22,24-25,27,39,41,44H,23,26,28-30H2,1-6H3,(H-,50,51,55,59)/p+1/t39-,44-/m1/s1. The van der Waals surface area contributed by atoms with Crippen LogP contribution < -0.4 is 19.9 Å². The van der Waals surface area contributed by atoms with E-state index in [9.17, 15) is 28.8 Å². The number of carbonyl (C=O) groups is 6. The fourth-order valence-corrected chi connectivity index (χ4v) is 8.69. The highest BCUT2D eigenvalue weighted by molar-refractivity contribution is 8.00. The Balaban J connectivity index is 1.06. The van der Waals surface area contributed by atoms with Gasteiger partial charge in [0.05, 0.1) is 5.69 Å². The summed E-state index contributed by atoms with van der Waals surface area (Å²) in [5.41, 5.74) is 2.03. The molecular formula is C49H52N5O10S+. The number of anilines is 1. The second kappa shape index (κ2) is 19.4. The molecule has 3 aliphatic heterocycles. The molecule has 2 saturated heterocycles. The number of carbonyl (C=O) groups excluding carboxylic acids is 6. The number of benzene rings is 3. The fourth-order valence-electron chi connectivity index (χ4n) is 7.38. The van der Waals surface area contributed by atoms with Gasteiger partial charge in [0.1, 0.15) is 28.3 Å². The Morgan fingerprint density at radius 1 is 0.831 bits per heavy atom. The largest absolute Gasteiger partial charge is 0.514 e. The van der Waals surface area contributed by atoms with Crippen LogP contribution in [0.15, 0.2) is 132 Å². The maximum atomic E-state index is 14.5. The third-order valence-corrected chi connectivity index (χ3v) is 11.6. The van der Waals surface area contributed by atoms with Gasteiger partial charge in [-0.1, -0.05) is 72.8 Å². The third kappa shape index (κ3) is 11.6. The molecule has 2 N–H and O–H groups in total. The maximum absolute atomic E-state index is 14.5. The summed E-state index contributed by atoms with van der Waals surface area (Å²) in [4.78, 5) is 83.4. The van der Waals surface area contributed by atoms with Crippen LogP contribution in [0.3, 0.4) is 0 Å². The first kappa shape index (κ1) is 46.1. The molecular weight excluding hydrogens is 851 g/mol. The lowest BCUT2D eigenvalue weighted by Gasteiger charge is -2.49. The number of amides is 4. The molecule has 338 valence electrons. The van der Waals surface area contributed by atoms with E-state index >= 15 is 0 Å². The van der Waals surface area contributed by atoms with Crippen molar-refractivity contribution in [3.63, 3.8) is 0 Å². The Bertz CT molecular complexity index is 2480. The zero-order valence-electron chi connectivity index (χ0n) is 37.1. The van der Waals surface area contributed by atoms with Crippen molar-refractivity contribution in [2.45, 2.75) is 89.8 Å². The topological polar surface area (TPSA) is 174 Å². The maximum Gasteiger partial charge on any atom is 0.514 e. The van der Waals surface area contributed by atoms with E-state index in [1.54, 1.807) is 93.7 Å². The Morgan fingerprint density at radius 3 is 2.08 bits per heavy atom. The quantitative estimate of drug-likeness (QED) is 0.0375. The van der Waals surface area contributed by atoms with E-state index in [1.165, 1.54) is 16.7 Å². The van der Waals surface area contributed by atoms with Gasteiger partial charge in [0, 0.05) is 36.5 Å². The van der Waals surface area contributed by atoms with Crippen molar-refractivity contribution in [2.24, 2.45) is 0 Å². The van der Waals surface area contributed by atoms with Crippen LogP contribution in [-0.2, 0) is 46.5 Å². The number of allylic oxidation sites excluding steroid dienone is 1. The zero-order valence-corrected chi connectivity index (χ0v) is 37.9. The summed E-state index contributed by atoms with van der Waals surface area (Å²) in [6.07, 6.45) is 3.14. The van der Waals surface area contributed by atoms with Crippen molar-refractivity contribution >= 4 is 53.4 Å². The van der Waals surface area contributed by atoms with Gasteiger partial charge >= 0.3 is 18.2 Å². The molecule has 3 aromatic carbocycles. The number of alkyl carbamates (subject to hydrolysis) is 1. The number of pyridine rings is 1. The van der Waals surface area contributed by atoms with Crippen molar-refractivity contribution in [1.29, 1.82) is 0 Å². The molecule has 4 heterocycles. The van der Waals surface area contributed by atoms with Gasteiger partial charge in [0.25, 0.3) is 11.8 Å². The molecule has 65 heavy (non-hydrogen) atoms. The molecule has 1 aromatic heterocycles. The number of aromatic nitrogens is 1. The lowest BCUT2D eigenvalue weighted by Crippen LogP contribution is -2.70. The third-order valence-electron chi connectivity index (χ3n) is 10.3. The summed E-state index contributed by atoms with van der Waals surface area (Å²) < 4.78 is 23.9. The highest BCUT2D eigenvalue weighted by atomic mass is 32.2. The minimum Gasteiger partial charge on any atom is -0.448 e. The van der Waals surface area contributed by atoms with Crippen molar-refractivity contribution < 1.29 is 52.3 Å². The summed E-state index contributed by atoms with van der Waals surface area (Å²) in [5, 5.41) is 4.84. The number of nitrogens with one attached hydrogen (secondary N) is 2. The number of esters is 1. The summed E-state index contributed by atoms with van der Waals surface area (Å²) in [7, 11) is 0. The number of para-hydroxylation sites is 2. The molecule has 4 amide bonds. The van der Waals surface area contributed by atoms with Gasteiger partial charge in [-0.15, -0.1) is 11.8 Å². The predicted molar refractivity (Wildman–Crippen MR) is 241 cm³/mol. The molecule has 7 rings (SSSR count). The molecule has 4 aromatic rings. The Labute approximate surface area is 381 Å². The number of hydrogen-bond donors (Lipinski definition) is 2. The number of ether oxygens (including phenoxy) is 4. The van der Waals surface area contributed by atoms with Gasteiger partial charge in [-0.3, -0.25) is 19.3 Å². The van der Waals surface area contributed by atoms with Crippen LogP contribution in [0.1, 0.15) is 70.8 Å². The molecule has 0 bridgehead atoms. The molecule has 0 aliphatic carbocycles. The smallest absolute Gasteiger partial charge is 0.448 e. The first-order valence-corrected chi connectivity index (χ1v) is 22.2. The molecule has 0 unspecified atom stereocenters. The number of β-lactam (4-membered cyclic amide) rings is 1. The number of likely N-dealkylation sites (tertiary alicyclic amines) is 1.